The van der Waals surface area contributed by atoms with Crippen LogP contribution in [0.25, 0.3) is 0 Å². The number of phenolic OH excluding ortho intramolecular Hbond substituents is 4. The van der Waals surface area contributed by atoms with E-state index >= 15 is 0 Å². The third-order valence-corrected chi connectivity index (χ3v) is 9.22. The van der Waals surface area contributed by atoms with Crippen molar-refractivity contribution in [2.75, 3.05) is 0 Å². The fraction of sp³-hybridized carbons (Fsp3) is 0.250. The maximum Gasteiger partial charge on any atom is 0.197 e. The highest BCUT2D eigenvalue weighted by atomic mass is 16.3. The van der Waals surface area contributed by atoms with Crippen molar-refractivity contribution in [2.24, 2.45) is 0 Å². The Labute approximate surface area is 269 Å². The minimum atomic E-state index is -0.797. The second kappa shape index (κ2) is 11.4. The molecule has 0 heterocycles. The molecular weight excluding hydrogens is 576 g/mol. The Kier molecular flexibility index (Phi) is 7.63. The molecule has 0 saturated carbocycles. The standard InChI is InChI=1S/C40H38O6/c1-19(2)7-9-23-11-13-25-33(31-27(15-21(5)17-29(31)41)39(45)35(25)37(23)43)34-26-14-12-24(10-8-20(3)4)38(44)36(26)40(46)28-16-22(6)18-30(42)32(28)34/h7-8,11-18,33-34,41-44H,9-10H2,1-6H3. The summed E-state index contributed by atoms with van der Waals surface area (Å²) in [4.78, 5) is 28.4. The van der Waals surface area contributed by atoms with Crippen molar-refractivity contribution in [1.29, 1.82) is 0 Å². The maximum absolute atomic E-state index is 14.2. The number of carbonyl (C=O) groups excluding carboxylic acids is 2. The Morgan fingerprint density at radius 3 is 1.33 bits per heavy atom. The largest absolute Gasteiger partial charge is 0.508 e. The van der Waals surface area contributed by atoms with Crippen molar-refractivity contribution in [1.82, 2.24) is 0 Å². The number of benzene rings is 4. The van der Waals surface area contributed by atoms with Crippen molar-refractivity contribution in [3.8, 4) is 23.0 Å². The fourth-order valence-electron chi connectivity index (χ4n) is 7.11. The summed E-state index contributed by atoms with van der Waals surface area (Å²) >= 11 is 0. The summed E-state index contributed by atoms with van der Waals surface area (Å²) in [6.45, 7) is 11.4. The molecule has 6 heteroatoms. The Morgan fingerprint density at radius 1 is 0.609 bits per heavy atom. The summed E-state index contributed by atoms with van der Waals surface area (Å²) < 4.78 is 0. The first-order chi connectivity index (χ1) is 21.8. The van der Waals surface area contributed by atoms with E-state index in [9.17, 15) is 30.0 Å². The monoisotopic (exact) mass is 614 g/mol. The molecule has 234 valence electrons. The predicted octanol–water partition coefficient (Wildman–Crippen LogP) is 8.20. The van der Waals surface area contributed by atoms with E-state index in [1.54, 1.807) is 62.4 Å². The van der Waals surface area contributed by atoms with Crippen LogP contribution in [-0.4, -0.2) is 32.0 Å². The van der Waals surface area contributed by atoms with Crippen LogP contribution < -0.4 is 0 Å². The first kappa shape index (κ1) is 30.9. The van der Waals surface area contributed by atoms with Gasteiger partial charge in [-0.2, -0.15) is 0 Å². The van der Waals surface area contributed by atoms with Crippen LogP contribution in [0.1, 0.15) is 116 Å². The molecule has 0 fully saturated rings. The smallest absolute Gasteiger partial charge is 0.197 e. The minimum absolute atomic E-state index is 0.0943. The van der Waals surface area contributed by atoms with Gasteiger partial charge < -0.3 is 20.4 Å². The van der Waals surface area contributed by atoms with E-state index in [4.69, 9.17) is 0 Å². The molecule has 0 amide bonds. The van der Waals surface area contributed by atoms with Crippen LogP contribution >= 0.6 is 0 Å². The van der Waals surface area contributed by atoms with E-state index < -0.39 is 23.4 Å². The van der Waals surface area contributed by atoms with Crippen LogP contribution in [-0.2, 0) is 12.8 Å². The zero-order valence-corrected chi connectivity index (χ0v) is 26.9. The molecule has 0 aromatic heterocycles. The van der Waals surface area contributed by atoms with Gasteiger partial charge in [-0.15, -0.1) is 0 Å². The van der Waals surface area contributed by atoms with Gasteiger partial charge in [-0.3, -0.25) is 9.59 Å². The Bertz CT molecular complexity index is 1890. The highest BCUT2D eigenvalue weighted by molar-refractivity contribution is 6.17. The minimum Gasteiger partial charge on any atom is -0.508 e. The van der Waals surface area contributed by atoms with E-state index in [-0.39, 0.29) is 45.3 Å². The SMILES string of the molecule is CC(C)=CCc1ccc2c(c1O)C(=O)c1cc(C)cc(O)c1C2C1c2ccc(CC=C(C)C)c(O)c2C(=O)c2cc(C)cc(O)c21. The molecule has 2 aliphatic carbocycles. The van der Waals surface area contributed by atoms with E-state index in [1.165, 1.54) is 0 Å². The lowest BCUT2D eigenvalue weighted by Crippen LogP contribution is -2.30. The quantitative estimate of drug-likeness (QED) is 0.169. The van der Waals surface area contributed by atoms with Crippen LogP contribution in [0.5, 0.6) is 23.0 Å². The van der Waals surface area contributed by atoms with Crippen molar-refractivity contribution in [3.63, 3.8) is 0 Å². The van der Waals surface area contributed by atoms with Crippen LogP contribution in [0.2, 0.25) is 0 Å². The number of phenols is 4. The predicted molar refractivity (Wildman–Crippen MR) is 179 cm³/mol. The zero-order valence-electron chi connectivity index (χ0n) is 26.9. The molecule has 0 saturated heterocycles. The van der Waals surface area contributed by atoms with Crippen molar-refractivity contribution in [3.05, 3.63) is 139 Å². The number of allylic oxidation sites excluding steroid dienone is 4. The van der Waals surface area contributed by atoms with Crippen molar-refractivity contribution >= 4 is 11.6 Å². The average molecular weight is 615 g/mol. The van der Waals surface area contributed by atoms with E-state index in [0.717, 1.165) is 11.1 Å². The van der Waals surface area contributed by atoms with Crippen LogP contribution in [0, 0.1) is 13.8 Å². The topological polar surface area (TPSA) is 115 Å². The number of hydrogen-bond donors (Lipinski definition) is 4. The maximum atomic E-state index is 14.2. The molecule has 0 radical (unpaired) electrons. The van der Waals surface area contributed by atoms with Gasteiger partial charge in [-0.1, -0.05) is 47.6 Å². The third kappa shape index (κ3) is 4.89. The molecular formula is C40H38O6. The van der Waals surface area contributed by atoms with Gasteiger partial charge in [0.15, 0.2) is 11.6 Å². The van der Waals surface area contributed by atoms with Crippen molar-refractivity contribution in [2.45, 2.75) is 66.2 Å². The Balaban J connectivity index is 1.71. The molecule has 2 unspecified atom stereocenters. The average Bonchev–Trinajstić information content (AvgIpc) is 2.97. The molecule has 4 N–H and O–H groups in total. The van der Waals surface area contributed by atoms with Gasteiger partial charge in [0.1, 0.15) is 23.0 Å². The summed E-state index contributed by atoms with van der Waals surface area (Å²) in [5.74, 6) is -2.85. The second-order valence-electron chi connectivity index (χ2n) is 13.2. The lowest BCUT2D eigenvalue weighted by atomic mass is 9.63. The summed E-state index contributed by atoms with van der Waals surface area (Å²) in [6.07, 6.45) is 4.81. The number of ketones is 2. The summed E-state index contributed by atoms with van der Waals surface area (Å²) in [5.41, 5.74) is 7.09. The lowest BCUT2D eigenvalue weighted by molar-refractivity contribution is 0.101. The van der Waals surface area contributed by atoms with Gasteiger partial charge in [0.05, 0.1) is 11.1 Å². The number of hydrogen-bond acceptors (Lipinski definition) is 6. The number of rotatable bonds is 5. The second-order valence-corrected chi connectivity index (χ2v) is 13.2. The number of carbonyl (C=O) groups is 2. The highest BCUT2D eigenvalue weighted by Crippen LogP contribution is 2.57. The molecule has 4 aromatic rings. The number of aryl methyl sites for hydroxylation is 2. The first-order valence-electron chi connectivity index (χ1n) is 15.5. The van der Waals surface area contributed by atoms with Crippen molar-refractivity contribution < 1.29 is 30.0 Å². The molecule has 0 bridgehead atoms. The third-order valence-electron chi connectivity index (χ3n) is 9.22. The first-order valence-corrected chi connectivity index (χ1v) is 15.5. The Morgan fingerprint density at radius 2 is 0.978 bits per heavy atom. The Hall–Kier alpha value is -5.10. The summed E-state index contributed by atoms with van der Waals surface area (Å²) in [6, 6.07) is 13.8. The van der Waals surface area contributed by atoms with Gasteiger partial charge in [0.2, 0.25) is 0 Å². The van der Waals surface area contributed by atoms with E-state index in [0.29, 0.717) is 57.3 Å². The highest BCUT2D eigenvalue weighted by Gasteiger charge is 2.46. The lowest BCUT2D eigenvalue weighted by Gasteiger charge is -2.39. The van der Waals surface area contributed by atoms with Gasteiger partial charge in [0.25, 0.3) is 0 Å². The van der Waals surface area contributed by atoms with Gasteiger partial charge in [0, 0.05) is 34.1 Å². The molecule has 6 rings (SSSR count). The molecule has 2 aliphatic rings. The molecule has 0 aliphatic heterocycles. The molecule has 46 heavy (non-hydrogen) atoms. The van der Waals surface area contributed by atoms with E-state index in [1.807, 2.05) is 39.8 Å². The van der Waals surface area contributed by atoms with E-state index in [2.05, 4.69) is 0 Å². The van der Waals surface area contributed by atoms with Gasteiger partial charge in [-0.25, -0.2) is 0 Å². The van der Waals surface area contributed by atoms with Gasteiger partial charge in [-0.05, 0) is 112 Å². The molecule has 2 atom stereocenters. The zero-order chi connectivity index (χ0) is 33.2. The van der Waals surface area contributed by atoms with Gasteiger partial charge >= 0.3 is 0 Å². The van der Waals surface area contributed by atoms with Crippen LogP contribution in [0.4, 0.5) is 0 Å². The summed E-state index contributed by atoms with van der Waals surface area (Å²) in [5, 5.41) is 46.3. The fourth-order valence-corrected chi connectivity index (χ4v) is 7.11. The summed E-state index contributed by atoms with van der Waals surface area (Å²) in [7, 11) is 0. The van der Waals surface area contributed by atoms with Crippen LogP contribution in [0.3, 0.4) is 0 Å². The normalized spacial score (nSPS) is 16.2. The molecule has 4 aromatic carbocycles. The van der Waals surface area contributed by atoms with Crippen LogP contribution in [0.15, 0.2) is 71.8 Å². The number of fused-ring (bicyclic) bond motifs is 4. The molecule has 6 nitrogen and oxygen atoms in total. The number of aromatic hydroxyl groups is 4. The molecule has 0 spiro atoms.